The predicted octanol–water partition coefficient (Wildman–Crippen LogP) is 4.45. The first kappa shape index (κ1) is 18.1. The maximum absolute atomic E-state index is 12.2. The first-order chi connectivity index (χ1) is 12.4. The summed E-state index contributed by atoms with van der Waals surface area (Å²) in [5.74, 6) is 0.660. The van der Waals surface area contributed by atoms with Crippen molar-refractivity contribution in [3.63, 3.8) is 0 Å². The van der Waals surface area contributed by atoms with Gasteiger partial charge in [0.25, 0.3) is 0 Å². The van der Waals surface area contributed by atoms with Gasteiger partial charge in [0.15, 0.2) is 11.6 Å². The van der Waals surface area contributed by atoms with Crippen LogP contribution < -0.4 is 21.1 Å². The van der Waals surface area contributed by atoms with Gasteiger partial charge < -0.3 is 21.1 Å². The summed E-state index contributed by atoms with van der Waals surface area (Å²) in [7, 11) is 0. The Morgan fingerprint density at radius 3 is 2.31 bits per heavy atom. The fraction of sp³-hybridized carbons (Fsp3) is 0.412. The number of nitrogens with two attached hydrogens (primary N) is 1. The van der Waals surface area contributed by atoms with Crippen molar-refractivity contribution in [2.75, 3.05) is 16.4 Å². The number of hydrogen-bond acceptors (Lipinski definition) is 6. The van der Waals surface area contributed by atoms with Gasteiger partial charge in [-0.25, -0.2) is 9.97 Å². The van der Waals surface area contributed by atoms with Gasteiger partial charge in [-0.3, -0.25) is 0 Å². The molecule has 1 aliphatic carbocycles. The second-order valence-corrected chi connectivity index (χ2v) is 6.16. The highest BCUT2D eigenvalue weighted by Crippen LogP contribution is 2.30. The molecular weight excluding hydrogens is 347 g/mol. The number of anilines is 4. The van der Waals surface area contributed by atoms with Crippen molar-refractivity contribution in [1.82, 2.24) is 9.97 Å². The highest BCUT2D eigenvalue weighted by Gasteiger charge is 2.31. The minimum Gasteiger partial charge on any atom is -0.406 e. The Morgan fingerprint density at radius 2 is 1.65 bits per heavy atom. The standard InChI is InChI=1S/C17H20F3N5O/c18-17(19,20)26-13-8-6-12(7-9-13)25-16-14(21)15(22-10-23-16)24-11-4-2-1-3-5-11/h6-11H,1-5,21H2,(H2,22,23,24,25). The van der Waals surface area contributed by atoms with Crippen LogP contribution in [-0.4, -0.2) is 22.4 Å². The lowest BCUT2D eigenvalue weighted by Gasteiger charge is -2.24. The topological polar surface area (TPSA) is 85.1 Å². The van der Waals surface area contributed by atoms with Crippen molar-refractivity contribution >= 4 is 23.0 Å². The Hall–Kier alpha value is -2.71. The van der Waals surface area contributed by atoms with Crippen molar-refractivity contribution in [1.29, 1.82) is 0 Å². The number of aromatic nitrogens is 2. The summed E-state index contributed by atoms with van der Waals surface area (Å²) in [4.78, 5) is 8.31. The second-order valence-electron chi connectivity index (χ2n) is 6.16. The number of nitrogen functional groups attached to an aromatic ring is 1. The van der Waals surface area contributed by atoms with Crippen LogP contribution in [0.25, 0.3) is 0 Å². The summed E-state index contributed by atoms with van der Waals surface area (Å²) < 4.78 is 40.4. The van der Waals surface area contributed by atoms with Crippen LogP contribution >= 0.6 is 0 Å². The summed E-state index contributed by atoms with van der Waals surface area (Å²) in [6.45, 7) is 0. The molecule has 4 N–H and O–H groups in total. The quantitative estimate of drug-likeness (QED) is 0.724. The van der Waals surface area contributed by atoms with Crippen LogP contribution in [0, 0.1) is 0 Å². The third-order valence-corrected chi connectivity index (χ3v) is 4.18. The summed E-state index contributed by atoms with van der Waals surface area (Å²) in [6, 6.07) is 5.68. The van der Waals surface area contributed by atoms with Crippen LogP contribution in [0.4, 0.5) is 36.2 Å². The van der Waals surface area contributed by atoms with Crippen LogP contribution in [-0.2, 0) is 0 Å². The zero-order valence-corrected chi connectivity index (χ0v) is 14.0. The average molecular weight is 367 g/mol. The van der Waals surface area contributed by atoms with Gasteiger partial charge in [0.2, 0.25) is 0 Å². The molecule has 0 atom stereocenters. The number of hydrogen-bond donors (Lipinski definition) is 3. The first-order valence-electron chi connectivity index (χ1n) is 8.40. The number of ether oxygens (including phenoxy) is 1. The van der Waals surface area contributed by atoms with Crippen molar-refractivity contribution < 1.29 is 17.9 Å². The van der Waals surface area contributed by atoms with Crippen molar-refractivity contribution in [3.8, 4) is 5.75 Å². The van der Waals surface area contributed by atoms with E-state index < -0.39 is 6.36 Å². The highest BCUT2D eigenvalue weighted by atomic mass is 19.4. The molecule has 1 saturated carbocycles. The predicted molar refractivity (Wildman–Crippen MR) is 93.3 cm³/mol. The summed E-state index contributed by atoms with van der Waals surface area (Å²) >= 11 is 0. The SMILES string of the molecule is Nc1c(Nc2ccc(OC(F)(F)F)cc2)ncnc1NC1CCCCC1. The highest BCUT2D eigenvalue weighted by molar-refractivity contribution is 5.77. The van der Waals surface area contributed by atoms with E-state index in [2.05, 4.69) is 25.3 Å². The number of alkyl halides is 3. The van der Waals surface area contributed by atoms with Gasteiger partial charge in [-0.2, -0.15) is 0 Å². The normalized spacial score (nSPS) is 15.5. The van der Waals surface area contributed by atoms with Crippen molar-refractivity contribution in [2.45, 2.75) is 44.5 Å². The molecule has 0 aliphatic heterocycles. The molecule has 1 heterocycles. The molecule has 1 aromatic heterocycles. The Labute approximate surface area is 149 Å². The molecule has 0 saturated heterocycles. The van der Waals surface area contributed by atoms with E-state index in [9.17, 15) is 13.2 Å². The molecule has 0 unspecified atom stereocenters. The van der Waals surface area contributed by atoms with Gasteiger partial charge >= 0.3 is 6.36 Å². The Morgan fingerprint density at radius 1 is 1.00 bits per heavy atom. The fourth-order valence-electron chi connectivity index (χ4n) is 2.93. The maximum atomic E-state index is 12.2. The Balaban J connectivity index is 1.68. The lowest BCUT2D eigenvalue weighted by molar-refractivity contribution is -0.274. The lowest BCUT2D eigenvalue weighted by atomic mass is 9.95. The minimum absolute atomic E-state index is 0.293. The van der Waals surface area contributed by atoms with Gasteiger partial charge in [0, 0.05) is 11.7 Å². The van der Waals surface area contributed by atoms with Crippen LogP contribution in [0.5, 0.6) is 5.75 Å². The Bertz CT molecular complexity index is 730. The first-order valence-corrected chi connectivity index (χ1v) is 8.40. The number of benzene rings is 1. The molecule has 1 aliphatic rings. The van der Waals surface area contributed by atoms with Crippen LogP contribution in [0.1, 0.15) is 32.1 Å². The largest absolute Gasteiger partial charge is 0.573 e. The van der Waals surface area contributed by atoms with Crippen molar-refractivity contribution in [2.24, 2.45) is 0 Å². The van der Waals surface area contributed by atoms with E-state index in [4.69, 9.17) is 5.73 Å². The maximum Gasteiger partial charge on any atom is 0.573 e. The summed E-state index contributed by atoms with van der Waals surface area (Å²) in [5, 5.41) is 6.34. The summed E-state index contributed by atoms with van der Waals surface area (Å²) in [6.07, 6.45) is 2.44. The number of halogens is 3. The lowest BCUT2D eigenvalue weighted by Crippen LogP contribution is -2.23. The number of rotatable bonds is 5. The van der Waals surface area contributed by atoms with Gasteiger partial charge in [0.1, 0.15) is 17.8 Å². The average Bonchev–Trinajstić information content (AvgIpc) is 2.60. The smallest absolute Gasteiger partial charge is 0.406 e. The third kappa shape index (κ3) is 4.90. The van der Waals surface area contributed by atoms with Gasteiger partial charge in [-0.05, 0) is 37.1 Å². The fourth-order valence-corrected chi connectivity index (χ4v) is 2.93. The zero-order valence-electron chi connectivity index (χ0n) is 14.0. The van der Waals surface area contributed by atoms with Gasteiger partial charge in [-0.15, -0.1) is 13.2 Å². The van der Waals surface area contributed by atoms with E-state index >= 15 is 0 Å². The summed E-state index contributed by atoms with van der Waals surface area (Å²) in [5.41, 5.74) is 7.04. The number of nitrogens with zero attached hydrogens (tertiary/aromatic N) is 2. The molecule has 2 aromatic rings. The molecule has 0 bridgehead atoms. The van der Waals surface area contributed by atoms with E-state index in [1.807, 2.05) is 0 Å². The van der Waals surface area contributed by atoms with Gasteiger partial charge in [-0.1, -0.05) is 19.3 Å². The van der Waals surface area contributed by atoms with E-state index in [1.165, 1.54) is 49.9 Å². The van der Waals surface area contributed by atoms with Crippen molar-refractivity contribution in [3.05, 3.63) is 30.6 Å². The molecule has 3 rings (SSSR count). The number of nitrogens with one attached hydrogen (secondary N) is 2. The molecular formula is C17H20F3N5O. The van der Waals surface area contributed by atoms with E-state index in [0.717, 1.165) is 12.8 Å². The third-order valence-electron chi connectivity index (χ3n) is 4.18. The van der Waals surface area contributed by atoms with Crippen LogP contribution in [0.3, 0.4) is 0 Å². The monoisotopic (exact) mass is 367 g/mol. The van der Waals surface area contributed by atoms with E-state index in [1.54, 1.807) is 0 Å². The molecule has 0 amide bonds. The minimum atomic E-state index is -4.72. The van der Waals surface area contributed by atoms with Crippen LogP contribution in [0.15, 0.2) is 30.6 Å². The Kier molecular flexibility index (Phi) is 5.34. The van der Waals surface area contributed by atoms with E-state index in [0.29, 0.717) is 29.1 Å². The van der Waals surface area contributed by atoms with Gasteiger partial charge in [0.05, 0.1) is 0 Å². The second kappa shape index (κ2) is 7.67. The molecule has 0 radical (unpaired) electrons. The molecule has 0 spiro atoms. The molecule has 1 aromatic carbocycles. The zero-order chi connectivity index (χ0) is 18.6. The molecule has 6 nitrogen and oxygen atoms in total. The molecule has 140 valence electrons. The van der Waals surface area contributed by atoms with Crippen LogP contribution in [0.2, 0.25) is 0 Å². The molecule has 1 fully saturated rings. The molecule has 9 heteroatoms. The van der Waals surface area contributed by atoms with E-state index in [-0.39, 0.29) is 5.75 Å². The molecule has 26 heavy (non-hydrogen) atoms.